The number of urea groups is 1. The summed E-state index contributed by atoms with van der Waals surface area (Å²) < 4.78 is 5.23. The van der Waals surface area contributed by atoms with Crippen LogP contribution >= 0.6 is 0 Å². The van der Waals surface area contributed by atoms with Crippen molar-refractivity contribution in [1.82, 2.24) is 10.6 Å². The number of ether oxygens (including phenoxy) is 1. The molecule has 0 bridgehead atoms. The van der Waals surface area contributed by atoms with Crippen LogP contribution in [0.25, 0.3) is 0 Å². The van der Waals surface area contributed by atoms with E-state index in [2.05, 4.69) is 10.6 Å². The second-order valence-corrected chi connectivity index (χ2v) is 4.62. The minimum atomic E-state index is -0.795. The number of carboxylic acids is 1. The van der Waals surface area contributed by atoms with Crippen LogP contribution in [-0.4, -0.2) is 42.9 Å². The van der Waals surface area contributed by atoms with Crippen molar-refractivity contribution in [3.05, 3.63) is 0 Å². The number of amides is 2. The van der Waals surface area contributed by atoms with E-state index in [9.17, 15) is 9.59 Å². The highest BCUT2D eigenvalue weighted by Crippen LogP contribution is 2.21. The second-order valence-electron chi connectivity index (χ2n) is 4.62. The molecule has 2 unspecified atom stereocenters. The van der Waals surface area contributed by atoms with Crippen molar-refractivity contribution in [2.24, 2.45) is 0 Å². The third-order valence-electron chi connectivity index (χ3n) is 3.16. The molecule has 2 atom stereocenters. The van der Waals surface area contributed by atoms with Crippen LogP contribution in [0.15, 0.2) is 0 Å². The van der Waals surface area contributed by atoms with Crippen LogP contribution in [0.2, 0.25) is 0 Å². The lowest BCUT2D eigenvalue weighted by Gasteiger charge is -2.13. The fourth-order valence-electron chi connectivity index (χ4n) is 2.12. The van der Waals surface area contributed by atoms with Gasteiger partial charge in [0.25, 0.3) is 0 Å². The second kappa shape index (κ2) is 7.92. The van der Waals surface area contributed by atoms with Gasteiger partial charge < -0.3 is 20.5 Å². The van der Waals surface area contributed by atoms with Crippen LogP contribution in [0.3, 0.4) is 0 Å². The summed E-state index contributed by atoms with van der Waals surface area (Å²) in [6.45, 7) is 0.513. The van der Waals surface area contributed by atoms with Gasteiger partial charge in [-0.2, -0.15) is 0 Å². The summed E-state index contributed by atoms with van der Waals surface area (Å²) in [7, 11) is 1.69. The molecule has 1 aliphatic rings. The van der Waals surface area contributed by atoms with Crippen molar-refractivity contribution < 1.29 is 19.4 Å². The lowest BCUT2D eigenvalue weighted by molar-refractivity contribution is -0.137. The quantitative estimate of drug-likeness (QED) is 0.597. The predicted molar refractivity (Wildman–Crippen MR) is 66.5 cm³/mol. The number of carboxylic acid groups (broad SMARTS) is 1. The average molecular weight is 258 g/mol. The molecule has 0 saturated heterocycles. The number of unbranched alkanes of at least 4 members (excludes halogenated alkanes) is 1. The van der Waals surface area contributed by atoms with E-state index >= 15 is 0 Å². The largest absolute Gasteiger partial charge is 0.481 e. The van der Waals surface area contributed by atoms with Crippen molar-refractivity contribution in [2.45, 2.75) is 50.7 Å². The topological polar surface area (TPSA) is 87.7 Å². The number of rotatable bonds is 7. The van der Waals surface area contributed by atoms with Gasteiger partial charge in [-0.1, -0.05) is 0 Å². The Morgan fingerprint density at radius 2 is 2.11 bits per heavy atom. The Balaban J connectivity index is 2.02. The highest BCUT2D eigenvalue weighted by molar-refractivity contribution is 5.74. The van der Waals surface area contributed by atoms with Gasteiger partial charge in [-0.15, -0.1) is 0 Å². The van der Waals surface area contributed by atoms with E-state index in [1.165, 1.54) is 0 Å². The molecular formula is C12H22N2O4. The Bertz CT molecular complexity index is 283. The number of nitrogens with one attached hydrogen (secondary N) is 2. The predicted octanol–water partition coefficient (Wildman–Crippen LogP) is 1.11. The molecule has 1 aliphatic carbocycles. The van der Waals surface area contributed by atoms with Crippen LogP contribution in [0, 0.1) is 0 Å². The summed E-state index contributed by atoms with van der Waals surface area (Å²) in [6, 6.07) is 0.0149. The number of hydrogen-bond donors (Lipinski definition) is 3. The molecule has 1 fully saturated rings. The molecular weight excluding hydrogens is 236 g/mol. The molecule has 3 N–H and O–H groups in total. The molecule has 0 aromatic rings. The molecule has 18 heavy (non-hydrogen) atoms. The van der Waals surface area contributed by atoms with Crippen molar-refractivity contribution in [3.8, 4) is 0 Å². The Kier molecular flexibility index (Phi) is 6.49. The molecule has 104 valence electrons. The van der Waals surface area contributed by atoms with Gasteiger partial charge in [-0.25, -0.2) is 4.79 Å². The van der Waals surface area contributed by atoms with Crippen molar-refractivity contribution in [1.29, 1.82) is 0 Å². The normalized spacial score (nSPS) is 22.7. The summed E-state index contributed by atoms with van der Waals surface area (Å²) in [5.74, 6) is -0.795. The van der Waals surface area contributed by atoms with Gasteiger partial charge in [0.15, 0.2) is 0 Å². The van der Waals surface area contributed by atoms with Crippen LogP contribution in [0.5, 0.6) is 0 Å². The molecule has 2 amide bonds. The summed E-state index contributed by atoms with van der Waals surface area (Å²) in [4.78, 5) is 21.8. The first-order valence-corrected chi connectivity index (χ1v) is 6.40. The van der Waals surface area contributed by atoms with Crippen molar-refractivity contribution in [2.75, 3.05) is 13.7 Å². The van der Waals surface area contributed by atoms with E-state index in [4.69, 9.17) is 9.84 Å². The van der Waals surface area contributed by atoms with E-state index in [0.29, 0.717) is 19.4 Å². The van der Waals surface area contributed by atoms with E-state index in [1.807, 2.05) is 0 Å². The Hall–Kier alpha value is -1.30. The molecule has 0 radical (unpaired) electrons. The third-order valence-corrected chi connectivity index (χ3v) is 3.16. The highest BCUT2D eigenvalue weighted by Gasteiger charge is 2.25. The summed E-state index contributed by atoms with van der Waals surface area (Å²) in [5, 5.41) is 14.1. The molecule has 6 heteroatoms. The van der Waals surface area contributed by atoms with Crippen LogP contribution < -0.4 is 10.6 Å². The number of methoxy groups -OCH3 is 1. The van der Waals surface area contributed by atoms with E-state index in [1.54, 1.807) is 7.11 Å². The van der Waals surface area contributed by atoms with E-state index < -0.39 is 5.97 Å². The summed E-state index contributed by atoms with van der Waals surface area (Å²) in [6.07, 6.45) is 4.48. The Labute approximate surface area is 107 Å². The lowest BCUT2D eigenvalue weighted by Crippen LogP contribution is -2.41. The average Bonchev–Trinajstić information content (AvgIpc) is 2.76. The van der Waals surface area contributed by atoms with Gasteiger partial charge in [-0.05, 0) is 32.1 Å². The maximum Gasteiger partial charge on any atom is 0.315 e. The molecule has 0 aliphatic heterocycles. The molecule has 0 aromatic carbocycles. The number of carbonyl (C=O) groups excluding carboxylic acids is 1. The molecule has 1 saturated carbocycles. The van der Waals surface area contributed by atoms with Crippen LogP contribution in [0.4, 0.5) is 4.79 Å². The smallest absolute Gasteiger partial charge is 0.315 e. The molecule has 1 rings (SSSR count). The zero-order chi connectivity index (χ0) is 13.4. The zero-order valence-electron chi connectivity index (χ0n) is 10.8. The first-order chi connectivity index (χ1) is 8.61. The SMILES string of the molecule is COC1CCC(NC(=O)NCCCCC(=O)O)C1. The molecule has 0 aromatic heterocycles. The van der Waals surface area contributed by atoms with Gasteiger partial charge in [0.05, 0.1) is 6.10 Å². The number of carbonyl (C=O) groups is 2. The molecule has 0 spiro atoms. The number of aliphatic carboxylic acids is 1. The maximum absolute atomic E-state index is 11.5. The van der Waals surface area contributed by atoms with Crippen LogP contribution in [-0.2, 0) is 9.53 Å². The Morgan fingerprint density at radius 1 is 1.33 bits per heavy atom. The van der Waals surface area contributed by atoms with Gasteiger partial charge >= 0.3 is 12.0 Å². The standard InChI is InChI=1S/C12H22N2O4/c1-18-10-6-5-9(8-10)14-12(17)13-7-3-2-4-11(15)16/h9-10H,2-8H2,1H3,(H,15,16)(H2,13,14,17). The van der Waals surface area contributed by atoms with E-state index in [-0.39, 0.29) is 24.6 Å². The maximum atomic E-state index is 11.5. The lowest BCUT2D eigenvalue weighted by atomic mass is 10.2. The van der Waals surface area contributed by atoms with Crippen LogP contribution in [0.1, 0.15) is 38.5 Å². The Morgan fingerprint density at radius 3 is 2.72 bits per heavy atom. The minimum absolute atomic E-state index is 0.154. The first kappa shape index (κ1) is 14.8. The van der Waals surface area contributed by atoms with Gasteiger partial charge in [0.1, 0.15) is 0 Å². The van der Waals surface area contributed by atoms with E-state index in [0.717, 1.165) is 19.3 Å². The van der Waals surface area contributed by atoms with Crippen molar-refractivity contribution in [3.63, 3.8) is 0 Å². The monoisotopic (exact) mass is 258 g/mol. The highest BCUT2D eigenvalue weighted by atomic mass is 16.5. The van der Waals surface area contributed by atoms with Gasteiger partial charge in [0.2, 0.25) is 0 Å². The van der Waals surface area contributed by atoms with Crippen molar-refractivity contribution >= 4 is 12.0 Å². The fourth-order valence-corrected chi connectivity index (χ4v) is 2.12. The zero-order valence-corrected chi connectivity index (χ0v) is 10.8. The van der Waals surface area contributed by atoms with Gasteiger partial charge in [0, 0.05) is 26.1 Å². The summed E-state index contributed by atoms with van der Waals surface area (Å²) in [5.41, 5.74) is 0. The number of hydrogen-bond acceptors (Lipinski definition) is 3. The fraction of sp³-hybridized carbons (Fsp3) is 0.833. The summed E-state index contributed by atoms with van der Waals surface area (Å²) >= 11 is 0. The molecule has 6 nitrogen and oxygen atoms in total. The third kappa shape index (κ3) is 5.86. The first-order valence-electron chi connectivity index (χ1n) is 6.40. The van der Waals surface area contributed by atoms with Gasteiger partial charge in [-0.3, -0.25) is 4.79 Å². The molecule has 0 heterocycles. The minimum Gasteiger partial charge on any atom is -0.481 e.